The van der Waals surface area contributed by atoms with Gasteiger partial charge in [0, 0.05) is 23.4 Å². The maximum atomic E-state index is 12.4. The highest BCUT2D eigenvalue weighted by Gasteiger charge is 2.26. The van der Waals surface area contributed by atoms with E-state index < -0.39 is 0 Å². The van der Waals surface area contributed by atoms with Crippen molar-refractivity contribution in [1.82, 2.24) is 9.97 Å². The number of hydrogen-bond acceptors (Lipinski definition) is 2. The summed E-state index contributed by atoms with van der Waals surface area (Å²) >= 11 is 5.00. The quantitative estimate of drug-likeness (QED) is 0.841. The molecule has 2 N–H and O–H groups in total. The summed E-state index contributed by atoms with van der Waals surface area (Å²) in [6.07, 6.45) is 5.61. The third-order valence-electron chi connectivity index (χ3n) is 3.83. The number of imidazole rings is 1. The molecular formula is C15H16N2OS. The van der Waals surface area contributed by atoms with Gasteiger partial charge >= 0.3 is 0 Å². The largest absolute Gasteiger partial charge is 0.337 e. The molecule has 0 radical (unpaired) electrons. The fourth-order valence-corrected chi connectivity index (χ4v) is 2.96. The van der Waals surface area contributed by atoms with Crippen LogP contribution in [0.15, 0.2) is 30.5 Å². The Morgan fingerprint density at radius 1 is 1.32 bits per heavy atom. The second-order valence-electron chi connectivity index (χ2n) is 5.06. The lowest BCUT2D eigenvalue weighted by atomic mass is 9.80. The van der Waals surface area contributed by atoms with E-state index >= 15 is 0 Å². The van der Waals surface area contributed by atoms with Crippen LogP contribution in [-0.2, 0) is 12.8 Å². The van der Waals surface area contributed by atoms with Crippen LogP contribution in [0, 0.1) is 10.7 Å². The van der Waals surface area contributed by atoms with Crippen molar-refractivity contribution in [3.63, 3.8) is 0 Å². The van der Waals surface area contributed by atoms with Crippen molar-refractivity contribution in [1.29, 1.82) is 0 Å². The number of ketones is 1. The van der Waals surface area contributed by atoms with Gasteiger partial charge in [-0.1, -0.05) is 24.3 Å². The van der Waals surface area contributed by atoms with Crippen molar-refractivity contribution in [2.45, 2.75) is 25.7 Å². The smallest absolute Gasteiger partial charge is 0.174 e. The molecule has 1 atom stereocenters. The molecule has 1 heterocycles. The van der Waals surface area contributed by atoms with E-state index in [0.717, 1.165) is 36.9 Å². The van der Waals surface area contributed by atoms with Crippen LogP contribution in [0.2, 0.25) is 0 Å². The molecule has 0 bridgehead atoms. The van der Waals surface area contributed by atoms with Crippen molar-refractivity contribution in [3.05, 3.63) is 52.1 Å². The summed E-state index contributed by atoms with van der Waals surface area (Å²) < 4.78 is 0.648. The number of aryl methyl sites for hydroxylation is 2. The van der Waals surface area contributed by atoms with Crippen LogP contribution in [0.3, 0.4) is 0 Å². The van der Waals surface area contributed by atoms with Crippen molar-refractivity contribution >= 4 is 18.0 Å². The van der Waals surface area contributed by atoms with Gasteiger partial charge in [-0.05, 0) is 43.5 Å². The number of carbonyl (C=O) groups is 1. The summed E-state index contributed by atoms with van der Waals surface area (Å²) in [7, 11) is 0. The standard InChI is InChI=1S/C15H16N2OS/c18-14-11(7-8-12-9-16-15(19)17-12)6-5-10-3-1-2-4-13(10)14/h1-4,9,11H,5-8H2,(H2,16,17,19)/t11-/m1/s1. The molecule has 1 aromatic heterocycles. The van der Waals surface area contributed by atoms with E-state index in [9.17, 15) is 4.79 Å². The molecule has 0 aliphatic heterocycles. The number of hydrogen-bond donors (Lipinski definition) is 2. The molecule has 1 aliphatic carbocycles. The van der Waals surface area contributed by atoms with Crippen LogP contribution in [0.5, 0.6) is 0 Å². The number of fused-ring (bicyclic) bond motifs is 1. The SMILES string of the molecule is O=C1c2ccccc2CC[C@@H]1CCc1c[nH]c(=S)[nH]1. The first-order chi connectivity index (χ1) is 9.24. The number of rotatable bonds is 3. The minimum absolute atomic E-state index is 0.145. The number of carbonyl (C=O) groups excluding carboxylic acids is 1. The third-order valence-corrected chi connectivity index (χ3v) is 4.05. The van der Waals surface area contributed by atoms with Crippen LogP contribution in [-0.4, -0.2) is 15.8 Å². The van der Waals surface area contributed by atoms with Gasteiger partial charge in [-0.2, -0.15) is 0 Å². The molecule has 1 aliphatic rings. The Hall–Kier alpha value is -1.68. The molecule has 3 nitrogen and oxygen atoms in total. The van der Waals surface area contributed by atoms with Crippen molar-refractivity contribution < 1.29 is 4.79 Å². The molecule has 0 saturated heterocycles. The van der Waals surface area contributed by atoms with E-state index in [2.05, 4.69) is 16.0 Å². The summed E-state index contributed by atoms with van der Waals surface area (Å²) in [6, 6.07) is 7.97. The zero-order valence-corrected chi connectivity index (χ0v) is 11.4. The van der Waals surface area contributed by atoms with Gasteiger partial charge in [-0.3, -0.25) is 4.79 Å². The maximum absolute atomic E-state index is 12.4. The van der Waals surface area contributed by atoms with E-state index in [1.54, 1.807) is 0 Å². The number of aromatic nitrogens is 2. The first-order valence-corrected chi connectivity index (χ1v) is 7.03. The highest BCUT2D eigenvalue weighted by Crippen LogP contribution is 2.28. The summed E-state index contributed by atoms with van der Waals surface area (Å²) in [6.45, 7) is 0. The van der Waals surface area contributed by atoms with Gasteiger partial charge < -0.3 is 9.97 Å². The molecule has 0 unspecified atom stereocenters. The molecule has 4 heteroatoms. The van der Waals surface area contributed by atoms with Gasteiger partial charge in [0.1, 0.15) is 0 Å². The number of benzene rings is 1. The molecule has 0 spiro atoms. The number of aromatic amines is 2. The van der Waals surface area contributed by atoms with Crippen LogP contribution in [0.4, 0.5) is 0 Å². The monoisotopic (exact) mass is 272 g/mol. The Morgan fingerprint density at radius 2 is 2.16 bits per heavy atom. The lowest BCUT2D eigenvalue weighted by Crippen LogP contribution is -2.23. The van der Waals surface area contributed by atoms with Crippen molar-refractivity contribution in [2.75, 3.05) is 0 Å². The topological polar surface area (TPSA) is 48.6 Å². The van der Waals surface area contributed by atoms with Gasteiger partial charge in [0.25, 0.3) is 0 Å². The Morgan fingerprint density at radius 3 is 2.95 bits per heavy atom. The van der Waals surface area contributed by atoms with E-state index in [1.165, 1.54) is 5.56 Å². The fraction of sp³-hybridized carbons (Fsp3) is 0.333. The predicted octanol–water partition coefficient (Wildman–Crippen LogP) is 3.45. The van der Waals surface area contributed by atoms with Crippen LogP contribution >= 0.6 is 12.2 Å². The molecule has 3 rings (SSSR count). The second kappa shape index (κ2) is 5.13. The molecule has 19 heavy (non-hydrogen) atoms. The molecular weight excluding hydrogens is 256 g/mol. The summed E-state index contributed by atoms with van der Waals surface area (Å²) in [5.74, 6) is 0.447. The average Bonchev–Trinajstić information content (AvgIpc) is 2.84. The molecule has 0 amide bonds. The van der Waals surface area contributed by atoms with E-state index in [4.69, 9.17) is 12.2 Å². The lowest BCUT2D eigenvalue weighted by molar-refractivity contribution is 0.0895. The summed E-state index contributed by atoms with van der Waals surface area (Å²) in [4.78, 5) is 18.5. The van der Waals surface area contributed by atoms with Gasteiger partial charge in [0.2, 0.25) is 0 Å². The molecule has 0 saturated carbocycles. The summed E-state index contributed by atoms with van der Waals surface area (Å²) in [5, 5.41) is 0. The second-order valence-corrected chi connectivity index (χ2v) is 5.47. The summed E-state index contributed by atoms with van der Waals surface area (Å²) in [5.41, 5.74) is 3.20. The Labute approximate surface area is 117 Å². The van der Waals surface area contributed by atoms with Gasteiger partial charge in [0.15, 0.2) is 10.6 Å². The lowest BCUT2D eigenvalue weighted by Gasteiger charge is -2.22. The Bertz CT molecular complexity index is 656. The zero-order chi connectivity index (χ0) is 13.2. The van der Waals surface area contributed by atoms with E-state index in [1.807, 2.05) is 24.4 Å². The van der Waals surface area contributed by atoms with Gasteiger partial charge in [0.05, 0.1) is 0 Å². The first-order valence-electron chi connectivity index (χ1n) is 6.63. The fourth-order valence-electron chi connectivity index (χ4n) is 2.77. The Balaban J connectivity index is 1.70. The highest BCUT2D eigenvalue weighted by atomic mass is 32.1. The minimum Gasteiger partial charge on any atom is -0.337 e. The molecule has 0 fully saturated rings. The third kappa shape index (κ3) is 2.54. The van der Waals surface area contributed by atoms with Gasteiger partial charge in [-0.15, -0.1) is 0 Å². The highest BCUT2D eigenvalue weighted by molar-refractivity contribution is 7.71. The van der Waals surface area contributed by atoms with Crippen molar-refractivity contribution in [2.24, 2.45) is 5.92 Å². The number of H-pyrrole nitrogens is 2. The van der Waals surface area contributed by atoms with E-state index in [0.29, 0.717) is 10.6 Å². The number of nitrogens with one attached hydrogen (secondary N) is 2. The van der Waals surface area contributed by atoms with Crippen molar-refractivity contribution in [3.8, 4) is 0 Å². The first kappa shape index (κ1) is 12.4. The van der Waals surface area contributed by atoms with Crippen LogP contribution in [0.1, 0.15) is 34.5 Å². The minimum atomic E-state index is 0.145. The predicted molar refractivity (Wildman–Crippen MR) is 76.9 cm³/mol. The average molecular weight is 272 g/mol. The Kier molecular flexibility index (Phi) is 3.34. The zero-order valence-electron chi connectivity index (χ0n) is 10.6. The van der Waals surface area contributed by atoms with Crippen LogP contribution in [0.25, 0.3) is 0 Å². The maximum Gasteiger partial charge on any atom is 0.174 e. The normalized spacial score (nSPS) is 18.3. The van der Waals surface area contributed by atoms with E-state index in [-0.39, 0.29) is 5.92 Å². The van der Waals surface area contributed by atoms with Crippen LogP contribution < -0.4 is 0 Å². The molecule has 1 aromatic carbocycles. The number of Topliss-reactive ketones (excluding diaryl/α,β-unsaturated/α-hetero) is 1. The van der Waals surface area contributed by atoms with Gasteiger partial charge in [-0.25, -0.2) is 0 Å². The molecule has 2 aromatic rings. The molecule has 98 valence electrons.